The van der Waals surface area contributed by atoms with Gasteiger partial charge in [0.25, 0.3) is 0 Å². The van der Waals surface area contributed by atoms with E-state index in [1.807, 2.05) is 60.7 Å². The minimum absolute atomic E-state index is 0.183. The van der Waals surface area contributed by atoms with Crippen LogP contribution in [-0.4, -0.2) is 39.2 Å². The van der Waals surface area contributed by atoms with Gasteiger partial charge in [-0.2, -0.15) is 0 Å². The molecular formula is C44H21B5O2. The molecule has 0 amide bonds. The van der Waals surface area contributed by atoms with Gasteiger partial charge >= 0.3 is 0 Å². The Labute approximate surface area is 300 Å². The Bertz CT molecular complexity index is 3070. The van der Waals surface area contributed by atoms with Crippen molar-refractivity contribution in [2.24, 2.45) is 0 Å². The standard InChI is InChI=1S/C44H21B5O2/c45-40-35(41(46)43(48)44(49)42(40)47)22-19-20-25-30(21-22)37(29-14-8-18-34-39(29)27-12-4-6-16-32(27)51-34)24-10-2-1-9-23(24)36(25)28-13-7-17-33-38(28)26-11-3-5-15-31(26)50-33/h1-21H. The second-order valence-electron chi connectivity index (χ2n) is 13.1. The highest BCUT2D eigenvalue weighted by molar-refractivity contribution is 6.68. The van der Waals surface area contributed by atoms with Crippen LogP contribution in [0.2, 0.25) is 0 Å². The number of hydrogen-bond donors (Lipinski definition) is 0. The van der Waals surface area contributed by atoms with Crippen LogP contribution >= 0.6 is 0 Å². The number of para-hydroxylation sites is 2. The van der Waals surface area contributed by atoms with Crippen LogP contribution in [0.25, 0.3) is 98.8 Å². The van der Waals surface area contributed by atoms with Crippen molar-refractivity contribution < 1.29 is 8.83 Å². The number of fused-ring (bicyclic) bond motifs is 8. The van der Waals surface area contributed by atoms with Crippen molar-refractivity contribution in [2.75, 3.05) is 0 Å². The van der Waals surface area contributed by atoms with Gasteiger partial charge in [-0.15, -0.1) is 16.4 Å². The molecule has 0 spiro atoms. The molecular weight excluding hydrogens is 615 g/mol. The molecule has 0 aliphatic rings. The smallest absolute Gasteiger partial charge is 0.136 e. The first-order valence-corrected chi connectivity index (χ1v) is 16.7. The van der Waals surface area contributed by atoms with Crippen molar-refractivity contribution in [2.45, 2.75) is 0 Å². The van der Waals surface area contributed by atoms with E-state index in [1.54, 1.807) is 0 Å². The number of benzene rings is 8. The summed E-state index contributed by atoms with van der Waals surface area (Å²) in [5.74, 6) is 0. The van der Waals surface area contributed by atoms with E-state index in [0.29, 0.717) is 16.5 Å². The van der Waals surface area contributed by atoms with Crippen molar-refractivity contribution in [1.29, 1.82) is 0 Å². The topological polar surface area (TPSA) is 26.3 Å². The molecule has 7 heteroatoms. The van der Waals surface area contributed by atoms with E-state index >= 15 is 0 Å². The van der Waals surface area contributed by atoms with Crippen molar-refractivity contribution in [3.8, 4) is 33.4 Å². The van der Waals surface area contributed by atoms with Gasteiger partial charge in [-0.05, 0) is 85.3 Å². The van der Waals surface area contributed by atoms with Crippen molar-refractivity contribution in [3.05, 3.63) is 127 Å². The molecule has 2 heterocycles. The maximum Gasteiger partial charge on any atom is 0.136 e. The predicted molar refractivity (Wildman–Crippen MR) is 219 cm³/mol. The predicted octanol–water partition coefficient (Wildman–Crippen LogP) is 6.76. The van der Waals surface area contributed by atoms with Gasteiger partial charge in [0.15, 0.2) is 0 Å². The quantitative estimate of drug-likeness (QED) is 0.159. The first-order valence-electron chi connectivity index (χ1n) is 16.7. The Morgan fingerprint density at radius 3 is 1.25 bits per heavy atom. The Balaban J connectivity index is 1.42. The van der Waals surface area contributed by atoms with Gasteiger partial charge in [0.2, 0.25) is 0 Å². The summed E-state index contributed by atoms with van der Waals surface area (Å²) >= 11 is 0. The van der Waals surface area contributed by atoms with Crippen LogP contribution in [0.3, 0.4) is 0 Å². The summed E-state index contributed by atoms with van der Waals surface area (Å²) in [7, 11) is 32.3. The van der Waals surface area contributed by atoms with Crippen molar-refractivity contribution in [3.63, 3.8) is 0 Å². The maximum absolute atomic E-state index is 6.65. The molecule has 8 aromatic carbocycles. The normalized spacial score (nSPS) is 11.9. The molecule has 224 valence electrons. The van der Waals surface area contributed by atoms with Gasteiger partial charge < -0.3 is 8.83 Å². The van der Waals surface area contributed by atoms with Crippen molar-refractivity contribution >= 4 is 132 Å². The Morgan fingerprint density at radius 1 is 0.314 bits per heavy atom. The van der Waals surface area contributed by atoms with E-state index in [0.717, 1.165) is 93.2 Å². The zero-order chi connectivity index (χ0) is 34.5. The van der Waals surface area contributed by atoms with Crippen LogP contribution in [-0.2, 0) is 0 Å². The fraction of sp³-hybridized carbons (Fsp3) is 0. The van der Waals surface area contributed by atoms with E-state index in [4.69, 9.17) is 48.1 Å². The number of furan rings is 2. The SMILES string of the molecule is [B]c1c([B])c([B])c(-c2ccc3c(-c4cccc5oc6ccccc6c45)c4ccccc4c(-c4cccc5oc6ccccc6c45)c3c2)c([B])c1[B]. The molecule has 0 aliphatic carbocycles. The third kappa shape index (κ3) is 4.24. The van der Waals surface area contributed by atoms with Gasteiger partial charge in [0.05, 0.1) is 0 Å². The van der Waals surface area contributed by atoms with E-state index in [2.05, 4.69) is 66.7 Å². The molecule has 51 heavy (non-hydrogen) atoms. The lowest BCUT2D eigenvalue weighted by molar-refractivity contribution is 0.668. The lowest BCUT2D eigenvalue weighted by Gasteiger charge is -2.23. The highest BCUT2D eigenvalue weighted by atomic mass is 16.3. The van der Waals surface area contributed by atoms with Gasteiger partial charge in [-0.1, -0.05) is 108 Å². The summed E-state index contributed by atoms with van der Waals surface area (Å²) in [6, 6.07) is 43.8. The third-order valence-electron chi connectivity index (χ3n) is 10.4. The fourth-order valence-corrected chi connectivity index (χ4v) is 8.04. The van der Waals surface area contributed by atoms with Gasteiger partial charge in [0, 0.05) is 21.5 Å². The Morgan fingerprint density at radius 2 is 0.725 bits per heavy atom. The number of rotatable bonds is 3. The molecule has 0 bridgehead atoms. The van der Waals surface area contributed by atoms with Crippen LogP contribution in [0.15, 0.2) is 136 Å². The molecule has 0 unspecified atom stereocenters. The van der Waals surface area contributed by atoms with E-state index in [-0.39, 0.29) is 16.4 Å². The average molecular weight is 636 g/mol. The second kappa shape index (κ2) is 11.1. The minimum atomic E-state index is 0.183. The third-order valence-corrected chi connectivity index (χ3v) is 10.4. The van der Waals surface area contributed by atoms with E-state index in [9.17, 15) is 0 Å². The molecule has 10 aromatic rings. The summed E-state index contributed by atoms with van der Waals surface area (Å²) in [4.78, 5) is 0. The molecule has 2 aromatic heterocycles. The summed E-state index contributed by atoms with van der Waals surface area (Å²) in [6.07, 6.45) is 0. The summed E-state index contributed by atoms with van der Waals surface area (Å²) in [5.41, 5.74) is 10.1. The number of hydrogen-bond acceptors (Lipinski definition) is 2. The van der Waals surface area contributed by atoms with Crippen molar-refractivity contribution in [1.82, 2.24) is 0 Å². The van der Waals surface area contributed by atoms with Crippen LogP contribution in [0, 0.1) is 0 Å². The maximum atomic E-state index is 6.65. The van der Waals surface area contributed by atoms with Crippen LogP contribution in [0.5, 0.6) is 0 Å². The van der Waals surface area contributed by atoms with Crippen LogP contribution < -0.4 is 27.3 Å². The van der Waals surface area contributed by atoms with Gasteiger partial charge in [0.1, 0.15) is 61.6 Å². The zero-order valence-corrected chi connectivity index (χ0v) is 27.3. The lowest BCUT2D eigenvalue weighted by Crippen LogP contribution is -2.55. The molecule has 0 N–H and O–H groups in total. The molecule has 0 fully saturated rings. The Kier molecular flexibility index (Phi) is 6.55. The monoisotopic (exact) mass is 636 g/mol. The van der Waals surface area contributed by atoms with Gasteiger partial charge in [-0.3, -0.25) is 0 Å². The molecule has 10 radical (unpaired) electrons. The first kappa shape index (κ1) is 30.1. The largest absolute Gasteiger partial charge is 0.456 e. The summed E-state index contributed by atoms with van der Waals surface area (Å²) in [5, 5.41) is 8.44. The summed E-state index contributed by atoms with van der Waals surface area (Å²) in [6.45, 7) is 0. The highest BCUT2D eigenvalue weighted by Gasteiger charge is 2.23. The first-order chi connectivity index (χ1) is 24.9. The Hall–Kier alpha value is -5.80. The van der Waals surface area contributed by atoms with E-state index in [1.165, 1.54) is 0 Å². The molecule has 0 atom stereocenters. The second-order valence-corrected chi connectivity index (χ2v) is 13.1. The molecule has 0 aliphatic heterocycles. The molecule has 2 nitrogen and oxygen atoms in total. The average Bonchev–Trinajstić information content (AvgIpc) is 3.74. The zero-order valence-electron chi connectivity index (χ0n) is 27.3. The fourth-order valence-electron chi connectivity index (χ4n) is 8.04. The molecule has 10 rings (SSSR count). The molecule has 0 saturated carbocycles. The lowest BCUT2D eigenvalue weighted by atomic mass is 9.59. The van der Waals surface area contributed by atoms with Crippen LogP contribution in [0.1, 0.15) is 0 Å². The van der Waals surface area contributed by atoms with E-state index < -0.39 is 0 Å². The van der Waals surface area contributed by atoms with Gasteiger partial charge in [-0.25, -0.2) is 0 Å². The molecule has 0 saturated heterocycles. The summed E-state index contributed by atoms with van der Waals surface area (Å²) < 4.78 is 12.8. The van der Waals surface area contributed by atoms with Crippen LogP contribution in [0.4, 0.5) is 0 Å². The minimum Gasteiger partial charge on any atom is -0.456 e. The highest BCUT2D eigenvalue weighted by Crippen LogP contribution is 2.49.